The van der Waals surface area contributed by atoms with Gasteiger partial charge in [-0.1, -0.05) is 45.0 Å². The molecule has 0 aliphatic heterocycles. The Morgan fingerprint density at radius 1 is 1.11 bits per heavy atom. The van der Waals surface area contributed by atoms with Gasteiger partial charge in [0.05, 0.1) is 7.11 Å². The third kappa shape index (κ3) is 2.23. The van der Waals surface area contributed by atoms with Crippen molar-refractivity contribution in [2.24, 2.45) is 5.41 Å². The van der Waals surface area contributed by atoms with Crippen molar-refractivity contribution in [3.8, 4) is 5.75 Å². The molecule has 0 unspecified atom stereocenters. The van der Waals surface area contributed by atoms with Crippen LogP contribution in [0.1, 0.15) is 31.1 Å². The van der Waals surface area contributed by atoms with E-state index < -0.39 is 5.41 Å². The number of ether oxygens (including phenoxy) is 1. The fraction of sp³-hybridized carbons (Fsp3) is 0.312. The highest BCUT2D eigenvalue weighted by Crippen LogP contribution is 2.30. The molecule has 0 aromatic heterocycles. The second-order valence-electron chi connectivity index (χ2n) is 5.48. The molecular formula is C16H18O2. The lowest BCUT2D eigenvalue weighted by molar-refractivity contribution is 0.0860. The minimum atomic E-state index is -0.394. The Labute approximate surface area is 108 Å². The van der Waals surface area contributed by atoms with E-state index in [-0.39, 0.29) is 5.78 Å². The smallest absolute Gasteiger partial charge is 0.168 e. The van der Waals surface area contributed by atoms with Crippen LogP contribution < -0.4 is 4.74 Å². The first-order valence-corrected chi connectivity index (χ1v) is 6.05. The summed E-state index contributed by atoms with van der Waals surface area (Å²) >= 11 is 0. The average molecular weight is 242 g/mol. The van der Waals surface area contributed by atoms with Crippen molar-refractivity contribution >= 4 is 16.6 Å². The highest BCUT2D eigenvalue weighted by Gasteiger charge is 2.25. The van der Waals surface area contributed by atoms with Gasteiger partial charge in [0, 0.05) is 11.0 Å². The predicted octanol–water partition coefficient (Wildman–Crippen LogP) is 4.08. The molecule has 0 saturated heterocycles. The summed E-state index contributed by atoms with van der Waals surface area (Å²) in [5.41, 5.74) is 0.340. The van der Waals surface area contributed by atoms with Crippen LogP contribution >= 0.6 is 0 Å². The van der Waals surface area contributed by atoms with Gasteiger partial charge in [-0.25, -0.2) is 0 Å². The van der Waals surface area contributed by atoms with Gasteiger partial charge in [-0.05, 0) is 22.9 Å². The molecule has 0 saturated carbocycles. The van der Waals surface area contributed by atoms with Gasteiger partial charge in [-0.15, -0.1) is 0 Å². The van der Waals surface area contributed by atoms with E-state index in [2.05, 4.69) is 0 Å². The van der Waals surface area contributed by atoms with E-state index in [1.807, 2.05) is 57.2 Å². The first-order valence-electron chi connectivity index (χ1n) is 6.05. The van der Waals surface area contributed by atoms with E-state index in [0.29, 0.717) is 0 Å². The normalized spacial score (nSPS) is 11.6. The van der Waals surface area contributed by atoms with E-state index in [1.54, 1.807) is 7.11 Å². The SMILES string of the molecule is COc1cc(C(=O)C(C)(C)C)c2ccccc2c1. The summed E-state index contributed by atoms with van der Waals surface area (Å²) in [5.74, 6) is 0.860. The Kier molecular flexibility index (Phi) is 3.12. The molecule has 2 heteroatoms. The molecular weight excluding hydrogens is 224 g/mol. The third-order valence-electron chi connectivity index (χ3n) is 3.00. The van der Waals surface area contributed by atoms with Gasteiger partial charge in [-0.3, -0.25) is 4.79 Å². The first kappa shape index (κ1) is 12.6. The number of methoxy groups -OCH3 is 1. The molecule has 94 valence electrons. The minimum Gasteiger partial charge on any atom is -0.497 e. The average Bonchev–Trinajstić information content (AvgIpc) is 2.35. The predicted molar refractivity (Wildman–Crippen MR) is 74.3 cm³/mol. The van der Waals surface area contributed by atoms with Gasteiger partial charge in [0.25, 0.3) is 0 Å². The highest BCUT2D eigenvalue weighted by molar-refractivity contribution is 6.10. The number of ketones is 1. The van der Waals surface area contributed by atoms with Crippen molar-refractivity contribution in [3.05, 3.63) is 42.0 Å². The van der Waals surface area contributed by atoms with Crippen LogP contribution in [-0.2, 0) is 0 Å². The summed E-state index contributed by atoms with van der Waals surface area (Å²) < 4.78 is 5.27. The summed E-state index contributed by atoms with van der Waals surface area (Å²) in [6, 6.07) is 11.7. The van der Waals surface area contributed by atoms with Crippen LogP contribution in [-0.4, -0.2) is 12.9 Å². The second-order valence-corrected chi connectivity index (χ2v) is 5.48. The van der Waals surface area contributed by atoms with Crippen LogP contribution in [0.4, 0.5) is 0 Å². The Morgan fingerprint density at radius 3 is 2.39 bits per heavy atom. The fourth-order valence-electron chi connectivity index (χ4n) is 1.99. The van der Waals surface area contributed by atoms with Crippen LogP contribution in [0.15, 0.2) is 36.4 Å². The lowest BCUT2D eigenvalue weighted by Gasteiger charge is -2.18. The van der Waals surface area contributed by atoms with E-state index in [9.17, 15) is 4.79 Å². The number of fused-ring (bicyclic) bond motifs is 1. The van der Waals surface area contributed by atoms with Crippen LogP contribution in [0, 0.1) is 5.41 Å². The van der Waals surface area contributed by atoms with Crippen molar-refractivity contribution in [2.75, 3.05) is 7.11 Å². The molecule has 0 radical (unpaired) electrons. The summed E-state index contributed by atoms with van der Waals surface area (Å²) in [4.78, 5) is 12.5. The van der Waals surface area contributed by atoms with Crippen molar-refractivity contribution in [1.29, 1.82) is 0 Å². The van der Waals surface area contributed by atoms with Gasteiger partial charge in [0.1, 0.15) is 5.75 Å². The molecule has 2 rings (SSSR count). The van der Waals surface area contributed by atoms with Crippen LogP contribution in [0.25, 0.3) is 10.8 Å². The molecule has 0 aliphatic rings. The molecule has 2 aromatic rings. The molecule has 0 spiro atoms. The van der Waals surface area contributed by atoms with Gasteiger partial charge in [0.2, 0.25) is 0 Å². The van der Waals surface area contributed by atoms with Crippen LogP contribution in [0.2, 0.25) is 0 Å². The Balaban J connectivity index is 2.72. The number of carbonyl (C=O) groups excluding carboxylic acids is 1. The quantitative estimate of drug-likeness (QED) is 0.742. The Morgan fingerprint density at radius 2 is 1.78 bits per heavy atom. The van der Waals surface area contributed by atoms with Gasteiger partial charge in [0.15, 0.2) is 5.78 Å². The zero-order valence-corrected chi connectivity index (χ0v) is 11.3. The number of benzene rings is 2. The van der Waals surface area contributed by atoms with Crippen LogP contribution in [0.3, 0.4) is 0 Å². The summed E-state index contributed by atoms with van der Waals surface area (Å²) in [6.45, 7) is 5.80. The molecule has 0 fully saturated rings. The van der Waals surface area contributed by atoms with E-state index in [4.69, 9.17) is 4.74 Å². The van der Waals surface area contributed by atoms with Crippen molar-refractivity contribution in [1.82, 2.24) is 0 Å². The Hall–Kier alpha value is -1.83. The molecule has 2 nitrogen and oxygen atoms in total. The lowest BCUT2D eigenvalue weighted by Crippen LogP contribution is -2.20. The maximum Gasteiger partial charge on any atom is 0.168 e. The summed E-state index contributed by atoms with van der Waals surface area (Å²) in [5, 5.41) is 2.02. The minimum absolute atomic E-state index is 0.137. The topological polar surface area (TPSA) is 26.3 Å². The van der Waals surface area contributed by atoms with Crippen molar-refractivity contribution in [3.63, 3.8) is 0 Å². The molecule has 18 heavy (non-hydrogen) atoms. The van der Waals surface area contributed by atoms with Gasteiger partial charge in [-0.2, -0.15) is 0 Å². The van der Waals surface area contributed by atoms with E-state index in [0.717, 1.165) is 22.1 Å². The number of hydrogen-bond acceptors (Lipinski definition) is 2. The van der Waals surface area contributed by atoms with Gasteiger partial charge < -0.3 is 4.74 Å². The number of Topliss-reactive ketones (excluding diaryl/α,β-unsaturated/α-hetero) is 1. The standard InChI is InChI=1S/C16H18O2/c1-16(2,3)15(17)14-10-12(18-4)9-11-7-5-6-8-13(11)14/h5-10H,1-4H3. The molecule has 0 atom stereocenters. The number of carbonyl (C=O) groups is 1. The molecule has 0 aliphatic carbocycles. The highest BCUT2D eigenvalue weighted by atomic mass is 16.5. The maximum absolute atomic E-state index is 12.5. The zero-order chi connectivity index (χ0) is 13.3. The summed E-state index contributed by atoms with van der Waals surface area (Å²) in [7, 11) is 1.62. The van der Waals surface area contributed by atoms with E-state index in [1.165, 1.54) is 0 Å². The molecule has 0 heterocycles. The number of rotatable bonds is 2. The number of hydrogen-bond donors (Lipinski definition) is 0. The monoisotopic (exact) mass is 242 g/mol. The maximum atomic E-state index is 12.5. The third-order valence-corrected chi connectivity index (χ3v) is 3.00. The fourth-order valence-corrected chi connectivity index (χ4v) is 1.99. The first-order chi connectivity index (χ1) is 8.43. The molecule has 0 N–H and O–H groups in total. The second kappa shape index (κ2) is 4.45. The molecule has 0 amide bonds. The van der Waals surface area contributed by atoms with Crippen molar-refractivity contribution < 1.29 is 9.53 Å². The summed E-state index contributed by atoms with van der Waals surface area (Å²) in [6.07, 6.45) is 0. The zero-order valence-electron chi connectivity index (χ0n) is 11.3. The largest absolute Gasteiger partial charge is 0.497 e. The Bertz CT molecular complexity index is 592. The molecule has 0 bridgehead atoms. The van der Waals surface area contributed by atoms with Crippen molar-refractivity contribution in [2.45, 2.75) is 20.8 Å². The molecule has 2 aromatic carbocycles. The van der Waals surface area contributed by atoms with Crippen LogP contribution in [0.5, 0.6) is 5.75 Å². The van der Waals surface area contributed by atoms with E-state index >= 15 is 0 Å². The van der Waals surface area contributed by atoms with Gasteiger partial charge >= 0.3 is 0 Å². The lowest BCUT2D eigenvalue weighted by atomic mass is 9.84.